The Hall–Kier alpha value is -2.73. The molecule has 1 aliphatic carbocycles. The molecule has 6 nitrogen and oxygen atoms in total. The largest absolute Gasteiger partial charge is 0.497 e. The van der Waals surface area contributed by atoms with E-state index < -0.39 is 23.8 Å². The van der Waals surface area contributed by atoms with Crippen LogP contribution in [0.15, 0.2) is 42.5 Å². The number of anilines is 1. The van der Waals surface area contributed by atoms with Gasteiger partial charge in [0.1, 0.15) is 23.2 Å². The summed E-state index contributed by atoms with van der Waals surface area (Å²) in [6.07, 6.45) is 6.53. The van der Waals surface area contributed by atoms with Gasteiger partial charge >= 0.3 is 5.97 Å². The van der Waals surface area contributed by atoms with E-state index >= 15 is 0 Å². The first-order chi connectivity index (χ1) is 16.9. The summed E-state index contributed by atoms with van der Waals surface area (Å²) in [5.74, 6) is 1.78. The topological polar surface area (TPSA) is 66.0 Å². The molecule has 2 aromatic carbocycles. The predicted octanol–water partition coefficient (Wildman–Crippen LogP) is 6.55. The van der Waals surface area contributed by atoms with Crippen molar-refractivity contribution in [2.24, 2.45) is 5.92 Å². The molecule has 0 spiro atoms. The highest BCUT2D eigenvalue weighted by molar-refractivity contribution is 5.89. The van der Waals surface area contributed by atoms with Gasteiger partial charge < -0.3 is 24.3 Å². The van der Waals surface area contributed by atoms with Gasteiger partial charge in [0.05, 0.1) is 12.7 Å². The molecular weight excluding hydrogens is 442 g/mol. The fourth-order valence-electron chi connectivity index (χ4n) is 5.18. The van der Waals surface area contributed by atoms with E-state index in [0.29, 0.717) is 23.8 Å². The van der Waals surface area contributed by atoms with E-state index in [1.165, 1.54) is 32.1 Å². The van der Waals surface area contributed by atoms with Gasteiger partial charge in [0.15, 0.2) is 6.10 Å². The van der Waals surface area contributed by atoms with Crippen LogP contribution in [0.5, 0.6) is 11.5 Å². The SMILES string of the molecule is CCNc1ccc2c(c1)C(OCCC1CCCCC1)C(OC(=O)c1ccc(OC)cc1)C(C)(C)O2. The predicted molar refractivity (Wildman–Crippen MR) is 137 cm³/mol. The van der Waals surface area contributed by atoms with Gasteiger partial charge in [-0.15, -0.1) is 0 Å². The normalized spacial score (nSPS) is 21.5. The summed E-state index contributed by atoms with van der Waals surface area (Å²) < 4.78 is 24.3. The Labute approximate surface area is 209 Å². The minimum Gasteiger partial charge on any atom is -0.497 e. The number of methoxy groups -OCH3 is 1. The molecule has 2 aliphatic rings. The second kappa shape index (κ2) is 11.3. The van der Waals surface area contributed by atoms with Gasteiger partial charge in [0, 0.05) is 24.4 Å². The van der Waals surface area contributed by atoms with Crippen molar-refractivity contribution in [3.05, 3.63) is 53.6 Å². The Morgan fingerprint density at radius 1 is 1.09 bits per heavy atom. The van der Waals surface area contributed by atoms with Crippen LogP contribution in [0.2, 0.25) is 0 Å². The zero-order chi connectivity index (χ0) is 24.8. The molecule has 2 unspecified atom stereocenters. The molecule has 0 radical (unpaired) electrons. The molecule has 1 fully saturated rings. The quantitative estimate of drug-likeness (QED) is 0.410. The lowest BCUT2D eigenvalue weighted by molar-refractivity contribution is -0.141. The fourth-order valence-corrected chi connectivity index (χ4v) is 5.18. The molecule has 2 aromatic rings. The second-order valence-corrected chi connectivity index (χ2v) is 10.1. The molecule has 0 bridgehead atoms. The highest BCUT2D eigenvalue weighted by atomic mass is 16.6. The zero-order valence-corrected chi connectivity index (χ0v) is 21.5. The lowest BCUT2D eigenvalue weighted by Gasteiger charge is -2.44. The number of benzene rings is 2. The van der Waals surface area contributed by atoms with Gasteiger partial charge in [-0.05, 0) is 75.6 Å². The van der Waals surface area contributed by atoms with E-state index in [4.69, 9.17) is 18.9 Å². The maximum Gasteiger partial charge on any atom is 0.338 e. The monoisotopic (exact) mass is 481 g/mol. The summed E-state index contributed by atoms with van der Waals surface area (Å²) in [5, 5.41) is 3.37. The van der Waals surface area contributed by atoms with E-state index in [2.05, 4.69) is 18.3 Å². The smallest absolute Gasteiger partial charge is 0.338 e. The molecular formula is C29H39NO5. The molecule has 0 amide bonds. The van der Waals surface area contributed by atoms with E-state index in [-0.39, 0.29) is 0 Å². The van der Waals surface area contributed by atoms with Gasteiger partial charge in [-0.3, -0.25) is 0 Å². The van der Waals surface area contributed by atoms with Crippen LogP contribution in [0.25, 0.3) is 0 Å². The number of carbonyl (C=O) groups excluding carboxylic acids is 1. The van der Waals surface area contributed by atoms with Crippen molar-refractivity contribution >= 4 is 11.7 Å². The minimum absolute atomic E-state index is 0.401. The summed E-state index contributed by atoms with van der Waals surface area (Å²) in [7, 11) is 1.60. The number of nitrogens with one attached hydrogen (secondary N) is 1. The first kappa shape index (κ1) is 25.4. The molecule has 0 saturated heterocycles. The van der Waals surface area contributed by atoms with Crippen molar-refractivity contribution in [3.63, 3.8) is 0 Å². The Balaban J connectivity index is 1.58. The van der Waals surface area contributed by atoms with Gasteiger partial charge in [0.25, 0.3) is 0 Å². The Kier molecular flexibility index (Phi) is 8.22. The van der Waals surface area contributed by atoms with Crippen molar-refractivity contribution in [1.29, 1.82) is 0 Å². The minimum atomic E-state index is -0.760. The summed E-state index contributed by atoms with van der Waals surface area (Å²) in [5.41, 5.74) is 1.62. The maximum atomic E-state index is 13.2. The lowest BCUT2D eigenvalue weighted by atomic mass is 9.86. The fraction of sp³-hybridized carbons (Fsp3) is 0.552. The van der Waals surface area contributed by atoms with Crippen LogP contribution in [-0.4, -0.2) is 37.9 Å². The average molecular weight is 482 g/mol. The molecule has 1 N–H and O–H groups in total. The van der Waals surface area contributed by atoms with Crippen molar-refractivity contribution in [2.45, 2.75) is 77.1 Å². The summed E-state index contributed by atoms with van der Waals surface area (Å²) in [6, 6.07) is 13.0. The van der Waals surface area contributed by atoms with E-state index in [1.807, 2.05) is 26.0 Å². The van der Waals surface area contributed by atoms with Gasteiger partial charge in [-0.2, -0.15) is 0 Å². The molecule has 1 heterocycles. The Morgan fingerprint density at radius 2 is 1.83 bits per heavy atom. The first-order valence-corrected chi connectivity index (χ1v) is 12.9. The maximum absolute atomic E-state index is 13.2. The van der Waals surface area contributed by atoms with Crippen LogP contribution in [0.4, 0.5) is 5.69 Å². The number of fused-ring (bicyclic) bond motifs is 1. The lowest BCUT2D eigenvalue weighted by Crippen LogP contribution is -2.51. The van der Waals surface area contributed by atoms with E-state index in [1.54, 1.807) is 31.4 Å². The molecule has 4 rings (SSSR count). The van der Waals surface area contributed by atoms with Gasteiger partial charge in [-0.25, -0.2) is 4.79 Å². The Bertz CT molecular complexity index is 981. The van der Waals surface area contributed by atoms with Gasteiger partial charge in [-0.1, -0.05) is 32.1 Å². The average Bonchev–Trinajstić information content (AvgIpc) is 2.86. The van der Waals surface area contributed by atoms with Crippen LogP contribution in [0.3, 0.4) is 0 Å². The second-order valence-electron chi connectivity index (χ2n) is 10.1. The summed E-state index contributed by atoms with van der Waals surface area (Å²) in [4.78, 5) is 13.2. The zero-order valence-electron chi connectivity index (χ0n) is 21.5. The van der Waals surface area contributed by atoms with Crippen LogP contribution in [0.1, 0.15) is 81.3 Å². The number of hydrogen-bond acceptors (Lipinski definition) is 6. The number of esters is 1. The number of rotatable bonds is 9. The number of hydrogen-bond donors (Lipinski definition) is 1. The van der Waals surface area contributed by atoms with Crippen LogP contribution in [-0.2, 0) is 9.47 Å². The highest BCUT2D eigenvalue weighted by Gasteiger charge is 2.47. The van der Waals surface area contributed by atoms with Crippen LogP contribution >= 0.6 is 0 Å². The van der Waals surface area contributed by atoms with Crippen molar-refractivity contribution < 1.29 is 23.7 Å². The molecule has 1 saturated carbocycles. The van der Waals surface area contributed by atoms with Gasteiger partial charge in [0.2, 0.25) is 0 Å². The van der Waals surface area contributed by atoms with Crippen molar-refractivity contribution in [2.75, 3.05) is 25.6 Å². The van der Waals surface area contributed by atoms with Crippen LogP contribution < -0.4 is 14.8 Å². The summed E-state index contributed by atoms with van der Waals surface area (Å²) in [6.45, 7) is 7.42. The number of ether oxygens (including phenoxy) is 4. The van der Waals surface area contributed by atoms with E-state index in [9.17, 15) is 4.79 Å². The highest BCUT2D eigenvalue weighted by Crippen LogP contribution is 2.45. The Morgan fingerprint density at radius 3 is 2.51 bits per heavy atom. The first-order valence-electron chi connectivity index (χ1n) is 12.9. The van der Waals surface area contributed by atoms with E-state index in [0.717, 1.165) is 30.0 Å². The third-order valence-corrected chi connectivity index (χ3v) is 7.14. The third-order valence-electron chi connectivity index (χ3n) is 7.14. The molecule has 6 heteroatoms. The molecule has 190 valence electrons. The molecule has 35 heavy (non-hydrogen) atoms. The van der Waals surface area contributed by atoms with Crippen molar-refractivity contribution in [1.82, 2.24) is 0 Å². The van der Waals surface area contributed by atoms with Crippen molar-refractivity contribution in [3.8, 4) is 11.5 Å². The molecule has 2 atom stereocenters. The molecule has 0 aromatic heterocycles. The van der Waals surface area contributed by atoms with Crippen LogP contribution in [0, 0.1) is 5.92 Å². The summed E-state index contributed by atoms with van der Waals surface area (Å²) >= 11 is 0. The molecule has 1 aliphatic heterocycles. The standard InChI is InChI=1S/C29H39NO5/c1-5-30-22-13-16-25-24(19-22)26(33-18-17-20-9-7-6-8-10-20)27(29(2,3)35-25)34-28(31)21-11-14-23(32-4)15-12-21/h11-16,19-20,26-27,30H,5-10,17-18H2,1-4H3. The number of carbonyl (C=O) groups is 1. The third kappa shape index (κ3) is 6.10.